The van der Waals surface area contributed by atoms with Gasteiger partial charge < -0.3 is 14.8 Å². The number of rotatable bonds is 6. The van der Waals surface area contributed by atoms with Gasteiger partial charge in [0.05, 0.1) is 18.3 Å². The molecule has 0 aromatic heterocycles. The fourth-order valence-electron chi connectivity index (χ4n) is 2.95. The van der Waals surface area contributed by atoms with Crippen molar-refractivity contribution < 1.29 is 9.47 Å². The standard InChI is InChI=1S/C14H27NO2/c1-2-15-12-14(8-4-5-9-14)17-11-13-7-3-6-10-16-13/h13,15H,2-12H2,1H3. The van der Waals surface area contributed by atoms with Gasteiger partial charge in [0, 0.05) is 13.2 Å². The van der Waals surface area contributed by atoms with E-state index in [1.54, 1.807) is 0 Å². The van der Waals surface area contributed by atoms with Gasteiger partial charge in [0.2, 0.25) is 0 Å². The monoisotopic (exact) mass is 241 g/mol. The minimum absolute atomic E-state index is 0.108. The zero-order chi connectivity index (χ0) is 12.0. The average Bonchev–Trinajstić information content (AvgIpc) is 2.85. The molecule has 0 aromatic carbocycles. The van der Waals surface area contributed by atoms with Gasteiger partial charge in [-0.25, -0.2) is 0 Å². The van der Waals surface area contributed by atoms with Crippen molar-refractivity contribution in [1.82, 2.24) is 5.32 Å². The number of hydrogen-bond acceptors (Lipinski definition) is 3. The van der Waals surface area contributed by atoms with E-state index in [9.17, 15) is 0 Å². The van der Waals surface area contributed by atoms with Gasteiger partial charge in [-0.2, -0.15) is 0 Å². The van der Waals surface area contributed by atoms with Crippen LogP contribution >= 0.6 is 0 Å². The van der Waals surface area contributed by atoms with Gasteiger partial charge >= 0.3 is 0 Å². The molecule has 0 aromatic rings. The summed E-state index contributed by atoms with van der Waals surface area (Å²) < 4.78 is 12.0. The molecule has 1 aliphatic heterocycles. The second kappa shape index (κ2) is 6.72. The Bertz CT molecular complexity index is 208. The maximum Gasteiger partial charge on any atom is 0.0808 e. The molecule has 0 spiro atoms. The lowest BCUT2D eigenvalue weighted by atomic mass is 10.0. The first kappa shape index (κ1) is 13.3. The Morgan fingerprint density at radius 1 is 1.24 bits per heavy atom. The van der Waals surface area contributed by atoms with Gasteiger partial charge in [0.25, 0.3) is 0 Å². The summed E-state index contributed by atoms with van der Waals surface area (Å²) >= 11 is 0. The predicted molar refractivity (Wildman–Crippen MR) is 69.3 cm³/mol. The van der Waals surface area contributed by atoms with Crippen LogP contribution in [-0.4, -0.2) is 38.0 Å². The topological polar surface area (TPSA) is 30.5 Å². The van der Waals surface area contributed by atoms with Crippen molar-refractivity contribution in [1.29, 1.82) is 0 Å². The fraction of sp³-hybridized carbons (Fsp3) is 1.00. The summed E-state index contributed by atoms with van der Waals surface area (Å²) in [6, 6.07) is 0. The van der Waals surface area contributed by atoms with E-state index in [0.29, 0.717) is 6.10 Å². The third-order valence-corrected chi connectivity index (χ3v) is 4.06. The summed E-state index contributed by atoms with van der Waals surface area (Å²) in [6.07, 6.45) is 9.11. The number of hydrogen-bond donors (Lipinski definition) is 1. The highest BCUT2D eigenvalue weighted by Crippen LogP contribution is 2.33. The molecule has 1 saturated heterocycles. The summed E-state index contributed by atoms with van der Waals surface area (Å²) in [7, 11) is 0. The van der Waals surface area contributed by atoms with E-state index < -0.39 is 0 Å². The summed E-state index contributed by atoms with van der Waals surface area (Å²) in [5.41, 5.74) is 0.108. The molecule has 0 amide bonds. The van der Waals surface area contributed by atoms with E-state index in [1.807, 2.05) is 0 Å². The van der Waals surface area contributed by atoms with Crippen LogP contribution in [0.1, 0.15) is 51.9 Å². The third kappa shape index (κ3) is 3.94. The van der Waals surface area contributed by atoms with E-state index in [1.165, 1.54) is 44.9 Å². The summed E-state index contributed by atoms with van der Waals surface area (Å²) in [5.74, 6) is 0. The first-order valence-corrected chi connectivity index (χ1v) is 7.31. The lowest BCUT2D eigenvalue weighted by molar-refractivity contribution is -0.103. The molecule has 100 valence electrons. The predicted octanol–water partition coefficient (Wildman–Crippen LogP) is 2.49. The molecule has 3 nitrogen and oxygen atoms in total. The summed E-state index contributed by atoms with van der Waals surface area (Å²) in [4.78, 5) is 0. The Labute approximate surface area is 105 Å². The SMILES string of the molecule is CCNCC1(OCC2CCCCO2)CCCC1. The first-order chi connectivity index (χ1) is 8.35. The van der Waals surface area contributed by atoms with Gasteiger partial charge in [0.1, 0.15) is 0 Å². The van der Waals surface area contributed by atoms with Crippen LogP contribution in [0.5, 0.6) is 0 Å². The van der Waals surface area contributed by atoms with Gasteiger partial charge in [-0.3, -0.25) is 0 Å². The molecule has 17 heavy (non-hydrogen) atoms. The molecule has 0 radical (unpaired) electrons. The molecule has 1 aliphatic carbocycles. The second-order valence-electron chi connectivity index (χ2n) is 5.47. The number of nitrogens with one attached hydrogen (secondary N) is 1. The van der Waals surface area contributed by atoms with Crippen molar-refractivity contribution in [2.24, 2.45) is 0 Å². The van der Waals surface area contributed by atoms with Crippen LogP contribution in [0.15, 0.2) is 0 Å². The van der Waals surface area contributed by atoms with Crippen LogP contribution in [0.2, 0.25) is 0 Å². The highest BCUT2D eigenvalue weighted by molar-refractivity contribution is 4.89. The zero-order valence-corrected chi connectivity index (χ0v) is 11.2. The zero-order valence-electron chi connectivity index (χ0n) is 11.2. The Hall–Kier alpha value is -0.120. The van der Waals surface area contributed by atoms with Gasteiger partial charge in [-0.05, 0) is 38.6 Å². The van der Waals surface area contributed by atoms with Crippen LogP contribution in [-0.2, 0) is 9.47 Å². The molecule has 0 bridgehead atoms. The molecular weight excluding hydrogens is 214 g/mol. The molecule has 1 heterocycles. The molecule has 1 atom stereocenters. The van der Waals surface area contributed by atoms with Gasteiger partial charge in [-0.1, -0.05) is 19.8 Å². The highest BCUT2D eigenvalue weighted by Gasteiger charge is 2.35. The van der Waals surface area contributed by atoms with Crippen molar-refractivity contribution in [3.63, 3.8) is 0 Å². The smallest absolute Gasteiger partial charge is 0.0808 e. The Morgan fingerprint density at radius 2 is 2.06 bits per heavy atom. The van der Waals surface area contributed by atoms with E-state index >= 15 is 0 Å². The Morgan fingerprint density at radius 3 is 2.71 bits per heavy atom. The van der Waals surface area contributed by atoms with Crippen LogP contribution in [0.25, 0.3) is 0 Å². The fourth-order valence-corrected chi connectivity index (χ4v) is 2.95. The summed E-state index contributed by atoms with van der Waals surface area (Å²) in [5, 5.41) is 3.45. The highest BCUT2D eigenvalue weighted by atomic mass is 16.5. The van der Waals surface area contributed by atoms with Gasteiger partial charge in [0.15, 0.2) is 0 Å². The molecular formula is C14H27NO2. The maximum atomic E-state index is 6.24. The quantitative estimate of drug-likeness (QED) is 0.775. The van der Waals surface area contributed by atoms with Crippen molar-refractivity contribution in [2.45, 2.75) is 63.6 Å². The Kier molecular flexibility index (Phi) is 5.26. The first-order valence-electron chi connectivity index (χ1n) is 7.31. The van der Waals surface area contributed by atoms with Crippen LogP contribution in [0.4, 0.5) is 0 Å². The minimum atomic E-state index is 0.108. The minimum Gasteiger partial charge on any atom is -0.376 e. The van der Waals surface area contributed by atoms with Crippen molar-refractivity contribution in [2.75, 3.05) is 26.3 Å². The van der Waals surface area contributed by atoms with Crippen molar-refractivity contribution in [3.8, 4) is 0 Å². The molecule has 1 N–H and O–H groups in total. The number of ether oxygens (including phenoxy) is 2. The van der Waals surface area contributed by atoms with E-state index in [2.05, 4.69) is 12.2 Å². The normalized spacial score (nSPS) is 28.4. The molecule has 1 unspecified atom stereocenters. The molecule has 2 rings (SSSR count). The van der Waals surface area contributed by atoms with E-state index in [-0.39, 0.29) is 5.60 Å². The third-order valence-electron chi connectivity index (χ3n) is 4.06. The summed E-state index contributed by atoms with van der Waals surface area (Å²) in [6.45, 7) is 5.92. The maximum absolute atomic E-state index is 6.24. The molecule has 2 fully saturated rings. The lowest BCUT2D eigenvalue weighted by Crippen LogP contribution is -2.43. The molecule has 3 heteroatoms. The van der Waals surface area contributed by atoms with Crippen LogP contribution in [0.3, 0.4) is 0 Å². The second-order valence-corrected chi connectivity index (χ2v) is 5.47. The number of likely N-dealkylation sites (N-methyl/N-ethyl adjacent to an activating group) is 1. The van der Waals surface area contributed by atoms with Gasteiger partial charge in [-0.15, -0.1) is 0 Å². The van der Waals surface area contributed by atoms with E-state index in [4.69, 9.17) is 9.47 Å². The van der Waals surface area contributed by atoms with Crippen LogP contribution < -0.4 is 5.32 Å². The largest absolute Gasteiger partial charge is 0.376 e. The Balaban J connectivity index is 1.76. The molecule has 2 aliphatic rings. The van der Waals surface area contributed by atoms with Crippen molar-refractivity contribution >= 4 is 0 Å². The average molecular weight is 241 g/mol. The van der Waals surface area contributed by atoms with Crippen molar-refractivity contribution in [3.05, 3.63) is 0 Å². The van der Waals surface area contributed by atoms with Crippen LogP contribution in [0, 0.1) is 0 Å². The van der Waals surface area contributed by atoms with E-state index in [0.717, 1.165) is 26.3 Å². The lowest BCUT2D eigenvalue weighted by Gasteiger charge is -2.32. The molecule has 1 saturated carbocycles.